The second-order valence-electron chi connectivity index (χ2n) is 1.47. The van der Waals surface area contributed by atoms with E-state index in [1.807, 2.05) is 9.97 Å². The van der Waals surface area contributed by atoms with E-state index in [1.54, 1.807) is 0 Å². The van der Waals surface area contributed by atoms with Gasteiger partial charge in [0.2, 0.25) is 0 Å². The van der Waals surface area contributed by atoms with Crippen LogP contribution in [0.5, 0.6) is 0 Å². The first-order valence-electron chi connectivity index (χ1n) is 2.23. The average molecular weight is 250 g/mol. The minimum Gasteiger partial charge on any atom is -1.00 e. The van der Waals surface area contributed by atoms with Gasteiger partial charge >= 0.3 is 46.6 Å². The van der Waals surface area contributed by atoms with Crippen LogP contribution in [0, 0.1) is 0 Å². The van der Waals surface area contributed by atoms with Crippen molar-refractivity contribution >= 4 is 16.1 Å². The summed E-state index contributed by atoms with van der Waals surface area (Å²) < 4.78 is 0.578. The average Bonchev–Trinajstić information content (AvgIpc) is 1.82. The van der Waals surface area contributed by atoms with E-state index in [2.05, 4.69) is 16.1 Å². The molecule has 0 bridgehead atoms. The topological polar surface area (TPSA) is 119 Å². The summed E-state index contributed by atoms with van der Waals surface area (Å²) in [5.41, 5.74) is -2.41. The van der Waals surface area contributed by atoms with Crippen LogP contribution in [0.15, 0.2) is 14.4 Å². The molecule has 0 aliphatic heterocycles. The van der Waals surface area contributed by atoms with Gasteiger partial charge in [0, 0.05) is 0 Å². The molecular formula is C3H5BrN3NaO4. The molecule has 0 saturated carbocycles. The van der Waals surface area contributed by atoms with Crippen molar-refractivity contribution in [3.05, 3.63) is 31.5 Å². The van der Waals surface area contributed by atoms with Crippen molar-refractivity contribution in [2.45, 2.75) is 0 Å². The molecule has 0 fully saturated rings. The zero-order valence-corrected chi connectivity index (χ0v) is 9.64. The SMILES string of the molecule is O.O=c1[nH]c(=O)n(Br)c(=O)[nH]1.[H-].[Na+]. The van der Waals surface area contributed by atoms with Crippen LogP contribution in [-0.4, -0.2) is 19.0 Å². The van der Waals surface area contributed by atoms with Crippen molar-refractivity contribution in [3.63, 3.8) is 0 Å². The van der Waals surface area contributed by atoms with Crippen LogP contribution in [0.2, 0.25) is 0 Å². The first kappa shape index (κ1) is 14.4. The molecule has 0 radical (unpaired) electrons. The number of aromatic amines is 2. The molecule has 0 unspecified atom stereocenters. The Hall–Kier alpha value is -0.150. The zero-order valence-electron chi connectivity index (χ0n) is 7.05. The van der Waals surface area contributed by atoms with Crippen molar-refractivity contribution in [1.82, 2.24) is 13.6 Å². The zero-order chi connectivity index (χ0) is 7.72. The third kappa shape index (κ3) is 3.07. The largest absolute Gasteiger partial charge is 1.00 e. The van der Waals surface area contributed by atoms with Gasteiger partial charge in [-0.25, -0.2) is 14.4 Å². The van der Waals surface area contributed by atoms with E-state index in [9.17, 15) is 14.4 Å². The van der Waals surface area contributed by atoms with Crippen LogP contribution < -0.4 is 46.6 Å². The molecule has 4 N–H and O–H groups in total. The Morgan fingerprint density at radius 2 is 1.50 bits per heavy atom. The predicted molar refractivity (Wildman–Crippen MR) is 41.0 cm³/mol. The van der Waals surface area contributed by atoms with E-state index in [4.69, 9.17) is 0 Å². The molecule has 64 valence electrons. The summed E-state index contributed by atoms with van der Waals surface area (Å²) in [4.78, 5) is 35.0. The van der Waals surface area contributed by atoms with E-state index < -0.39 is 17.1 Å². The summed E-state index contributed by atoms with van der Waals surface area (Å²) in [6.07, 6.45) is 0. The normalized spacial score (nSPS) is 8.08. The summed E-state index contributed by atoms with van der Waals surface area (Å²) in [6.45, 7) is 0. The van der Waals surface area contributed by atoms with Crippen molar-refractivity contribution in [2.24, 2.45) is 0 Å². The second-order valence-corrected chi connectivity index (χ2v) is 2.18. The maximum Gasteiger partial charge on any atom is 1.00 e. The van der Waals surface area contributed by atoms with Crippen LogP contribution in [0.3, 0.4) is 0 Å². The first-order chi connectivity index (χ1) is 4.61. The maximum atomic E-state index is 10.5. The molecule has 1 rings (SSSR count). The van der Waals surface area contributed by atoms with Crippen molar-refractivity contribution in [2.75, 3.05) is 0 Å². The molecule has 0 amide bonds. The van der Waals surface area contributed by atoms with Gasteiger partial charge in [-0.05, 0) is 0 Å². The number of aromatic nitrogens is 3. The molecule has 0 saturated heterocycles. The summed E-state index contributed by atoms with van der Waals surface area (Å²) in [5.74, 6) is 0. The molecule has 0 aliphatic rings. The number of nitrogens with one attached hydrogen (secondary N) is 2. The first-order valence-corrected chi connectivity index (χ1v) is 2.94. The second kappa shape index (κ2) is 5.49. The molecule has 0 atom stereocenters. The van der Waals surface area contributed by atoms with E-state index in [0.29, 0.717) is 3.59 Å². The summed E-state index contributed by atoms with van der Waals surface area (Å²) >= 11 is 2.60. The predicted octanol–water partition coefficient (Wildman–Crippen LogP) is -5.33. The number of hydrogen-bond donors (Lipinski definition) is 2. The molecule has 0 aromatic carbocycles. The Labute approximate surface area is 97.2 Å². The van der Waals surface area contributed by atoms with Crippen molar-refractivity contribution < 1.29 is 36.5 Å². The van der Waals surface area contributed by atoms with Crippen LogP contribution >= 0.6 is 16.1 Å². The van der Waals surface area contributed by atoms with Gasteiger partial charge in [-0.1, -0.05) is 0 Å². The molecule has 1 heterocycles. The minimum atomic E-state index is -0.814. The molecule has 7 nitrogen and oxygen atoms in total. The van der Waals surface area contributed by atoms with Crippen molar-refractivity contribution in [3.8, 4) is 0 Å². The fourth-order valence-corrected chi connectivity index (χ4v) is 0.593. The summed E-state index contributed by atoms with van der Waals surface area (Å²) in [7, 11) is 0. The fourth-order valence-electron chi connectivity index (χ4n) is 0.416. The monoisotopic (exact) mass is 249 g/mol. The van der Waals surface area contributed by atoms with Gasteiger partial charge in [-0.2, -0.15) is 3.59 Å². The maximum absolute atomic E-state index is 10.5. The van der Waals surface area contributed by atoms with Crippen LogP contribution in [0.25, 0.3) is 0 Å². The number of halogens is 1. The third-order valence-electron chi connectivity index (χ3n) is 0.798. The van der Waals surface area contributed by atoms with Gasteiger partial charge in [-0.3, -0.25) is 9.97 Å². The number of H-pyrrole nitrogens is 2. The third-order valence-corrected chi connectivity index (χ3v) is 1.44. The molecule has 0 aliphatic carbocycles. The van der Waals surface area contributed by atoms with E-state index in [-0.39, 0.29) is 36.5 Å². The molecular weight excluding hydrogens is 245 g/mol. The summed E-state index contributed by atoms with van der Waals surface area (Å²) in [5, 5.41) is 0. The van der Waals surface area contributed by atoms with Crippen LogP contribution in [-0.2, 0) is 0 Å². The number of rotatable bonds is 0. The fraction of sp³-hybridized carbons (Fsp3) is 0. The van der Waals surface area contributed by atoms with Gasteiger partial charge in [0.1, 0.15) is 0 Å². The smallest absolute Gasteiger partial charge is 1.00 e. The Kier molecular flexibility index (Phi) is 6.58. The van der Waals surface area contributed by atoms with E-state index in [0.717, 1.165) is 0 Å². The van der Waals surface area contributed by atoms with Crippen molar-refractivity contribution in [1.29, 1.82) is 0 Å². The Morgan fingerprint density at radius 3 is 1.83 bits per heavy atom. The standard InChI is InChI=1S/C3H2BrN3O3.Na.H2O.H/c4-7-2(9)5-1(8)6-3(7)10;;;/h(H2,5,6,8,9,10);;1H2;/q;+1;;-1. The number of nitrogens with zero attached hydrogens (tertiary/aromatic N) is 1. The molecule has 1 aromatic rings. The van der Waals surface area contributed by atoms with Gasteiger partial charge < -0.3 is 6.90 Å². The van der Waals surface area contributed by atoms with E-state index >= 15 is 0 Å². The van der Waals surface area contributed by atoms with E-state index in [1.165, 1.54) is 0 Å². The quantitative estimate of drug-likeness (QED) is 0.447. The van der Waals surface area contributed by atoms with Gasteiger partial charge in [0.05, 0.1) is 16.1 Å². The number of hydrogen-bond acceptors (Lipinski definition) is 3. The molecule has 1 aromatic heterocycles. The molecule has 0 spiro atoms. The molecule has 12 heavy (non-hydrogen) atoms. The van der Waals surface area contributed by atoms with Gasteiger partial charge in [0.15, 0.2) is 0 Å². The van der Waals surface area contributed by atoms with Gasteiger partial charge in [0.25, 0.3) is 0 Å². The van der Waals surface area contributed by atoms with Crippen LogP contribution in [0.1, 0.15) is 1.43 Å². The Bertz CT molecular complexity index is 376. The summed E-state index contributed by atoms with van der Waals surface area (Å²) in [6, 6.07) is 0. The van der Waals surface area contributed by atoms with Gasteiger partial charge in [-0.15, -0.1) is 0 Å². The minimum absolute atomic E-state index is 0. The van der Waals surface area contributed by atoms with Crippen LogP contribution in [0.4, 0.5) is 0 Å². The Morgan fingerprint density at radius 1 is 1.17 bits per heavy atom. The Balaban J connectivity index is -0.000000333. The molecule has 9 heteroatoms.